The van der Waals surface area contributed by atoms with Crippen LogP contribution in [0.25, 0.3) is 11.3 Å². The fourth-order valence-electron chi connectivity index (χ4n) is 3.38. The standard InChI is InChI=1S/C17H19N3O2S/c1-19-11-17(22-16(19)21)7-8-20(12-17)9-15-18-14(10-23-15)13-5-3-2-4-6-13/h2-6,10H,7-9,11-12H2,1H3/t17-/m1/s1. The summed E-state index contributed by atoms with van der Waals surface area (Å²) >= 11 is 1.69. The van der Waals surface area contributed by atoms with Gasteiger partial charge in [-0.25, -0.2) is 9.78 Å². The number of aromatic nitrogens is 1. The molecule has 0 bridgehead atoms. The topological polar surface area (TPSA) is 45.7 Å². The zero-order valence-electron chi connectivity index (χ0n) is 13.1. The van der Waals surface area contributed by atoms with Crippen molar-refractivity contribution >= 4 is 17.4 Å². The summed E-state index contributed by atoms with van der Waals surface area (Å²) in [5.41, 5.74) is 1.87. The van der Waals surface area contributed by atoms with Gasteiger partial charge in [0, 0.05) is 37.5 Å². The maximum absolute atomic E-state index is 11.6. The molecule has 5 nitrogen and oxygen atoms in total. The van der Waals surface area contributed by atoms with Gasteiger partial charge in [0.05, 0.1) is 18.8 Å². The van der Waals surface area contributed by atoms with E-state index in [0.717, 1.165) is 42.3 Å². The lowest BCUT2D eigenvalue weighted by Gasteiger charge is -2.21. The smallest absolute Gasteiger partial charge is 0.410 e. The minimum absolute atomic E-state index is 0.201. The Balaban J connectivity index is 1.42. The number of rotatable bonds is 3. The van der Waals surface area contributed by atoms with Crippen LogP contribution in [0.15, 0.2) is 35.7 Å². The van der Waals surface area contributed by atoms with Crippen LogP contribution in [0.5, 0.6) is 0 Å². The molecule has 2 fully saturated rings. The van der Waals surface area contributed by atoms with Crippen LogP contribution < -0.4 is 0 Å². The predicted octanol–water partition coefficient (Wildman–Crippen LogP) is 2.84. The van der Waals surface area contributed by atoms with E-state index in [1.807, 2.05) is 18.2 Å². The summed E-state index contributed by atoms with van der Waals surface area (Å²) in [5.74, 6) is 0. The van der Waals surface area contributed by atoms with Gasteiger partial charge >= 0.3 is 6.09 Å². The first-order chi connectivity index (χ1) is 11.1. The molecule has 2 aliphatic heterocycles. The quantitative estimate of drug-likeness (QED) is 0.869. The predicted molar refractivity (Wildman–Crippen MR) is 89.3 cm³/mol. The van der Waals surface area contributed by atoms with Gasteiger partial charge in [0.1, 0.15) is 10.6 Å². The number of ether oxygens (including phenoxy) is 1. The first kappa shape index (κ1) is 14.7. The summed E-state index contributed by atoms with van der Waals surface area (Å²) in [6.07, 6.45) is 0.701. The van der Waals surface area contributed by atoms with Crippen LogP contribution in [0.4, 0.5) is 4.79 Å². The molecule has 23 heavy (non-hydrogen) atoms. The van der Waals surface area contributed by atoms with Crippen molar-refractivity contribution in [2.45, 2.75) is 18.6 Å². The highest BCUT2D eigenvalue weighted by atomic mass is 32.1. The Kier molecular flexibility index (Phi) is 3.58. The minimum Gasteiger partial charge on any atom is -0.439 e. The molecule has 6 heteroatoms. The van der Waals surface area contributed by atoms with Gasteiger partial charge in [-0.2, -0.15) is 0 Å². The lowest BCUT2D eigenvalue weighted by molar-refractivity contribution is 0.0627. The second kappa shape index (κ2) is 5.62. The van der Waals surface area contributed by atoms with Crippen molar-refractivity contribution in [3.63, 3.8) is 0 Å². The molecule has 0 N–H and O–H groups in total. The van der Waals surface area contributed by atoms with E-state index in [2.05, 4.69) is 22.4 Å². The Morgan fingerprint density at radius 1 is 1.30 bits per heavy atom. The van der Waals surface area contributed by atoms with Crippen LogP contribution in [-0.4, -0.2) is 53.2 Å². The lowest BCUT2D eigenvalue weighted by atomic mass is 10.0. The summed E-state index contributed by atoms with van der Waals surface area (Å²) in [6.45, 7) is 3.25. The van der Waals surface area contributed by atoms with E-state index in [4.69, 9.17) is 9.72 Å². The number of hydrogen-bond donors (Lipinski definition) is 0. The summed E-state index contributed by atoms with van der Waals surface area (Å²) in [6, 6.07) is 10.2. The number of nitrogens with zero attached hydrogens (tertiary/aromatic N) is 3. The number of carbonyl (C=O) groups excluding carboxylic acids is 1. The zero-order valence-corrected chi connectivity index (χ0v) is 13.9. The second-order valence-electron chi connectivity index (χ2n) is 6.36. The van der Waals surface area contributed by atoms with Crippen LogP contribution in [0.2, 0.25) is 0 Å². The van der Waals surface area contributed by atoms with Crippen molar-refractivity contribution in [3.8, 4) is 11.3 Å². The van der Waals surface area contributed by atoms with Crippen molar-refractivity contribution in [2.75, 3.05) is 26.7 Å². The molecule has 4 rings (SSSR count). The van der Waals surface area contributed by atoms with E-state index >= 15 is 0 Å². The maximum Gasteiger partial charge on any atom is 0.410 e. The fraction of sp³-hybridized carbons (Fsp3) is 0.412. The number of amides is 1. The Morgan fingerprint density at radius 2 is 2.13 bits per heavy atom. The Labute approximate surface area is 139 Å². The number of thiazole rings is 1. The van der Waals surface area contributed by atoms with Crippen molar-refractivity contribution in [3.05, 3.63) is 40.7 Å². The number of benzene rings is 1. The molecule has 3 heterocycles. The van der Waals surface area contributed by atoms with Gasteiger partial charge in [-0.3, -0.25) is 4.90 Å². The van der Waals surface area contributed by atoms with Gasteiger partial charge in [0.2, 0.25) is 0 Å². The van der Waals surface area contributed by atoms with E-state index in [1.165, 1.54) is 0 Å². The van der Waals surface area contributed by atoms with Gasteiger partial charge < -0.3 is 9.64 Å². The monoisotopic (exact) mass is 329 g/mol. The molecule has 2 aliphatic rings. The van der Waals surface area contributed by atoms with Gasteiger partial charge in [-0.15, -0.1) is 11.3 Å². The maximum atomic E-state index is 11.6. The molecule has 1 spiro atoms. The molecule has 0 aliphatic carbocycles. The molecule has 1 aromatic carbocycles. The van der Waals surface area contributed by atoms with E-state index in [9.17, 15) is 4.79 Å². The van der Waals surface area contributed by atoms with Gasteiger partial charge in [0.25, 0.3) is 0 Å². The summed E-state index contributed by atoms with van der Waals surface area (Å²) < 4.78 is 5.59. The van der Waals surface area contributed by atoms with Gasteiger partial charge in [-0.1, -0.05) is 30.3 Å². The number of likely N-dealkylation sites (N-methyl/N-ethyl adjacent to an activating group) is 1. The molecule has 120 valence electrons. The fourth-order valence-corrected chi connectivity index (χ4v) is 4.23. The van der Waals surface area contributed by atoms with Gasteiger partial charge in [-0.05, 0) is 0 Å². The highest BCUT2D eigenvalue weighted by Gasteiger charge is 2.48. The van der Waals surface area contributed by atoms with Crippen LogP contribution >= 0.6 is 11.3 Å². The highest BCUT2D eigenvalue weighted by molar-refractivity contribution is 7.09. The van der Waals surface area contributed by atoms with E-state index in [-0.39, 0.29) is 11.7 Å². The van der Waals surface area contributed by atoms with Crippen LogP contribution in [-0.2, 0) is 11.3 Å². The molecule has 0 radical (unpaired) electrons. The third kappa shape index (κ3) is 2.84. The normalized spacial score (nSPS) is 24.6. The molecule has 1 atom stereocenters. The molecule has 2 aromatic rings. The molecule has 0 saturated carbocycles. The SMILES string of the molecule is CN1C[C@@]2(CCN(Cc3nc(-c4ccccc4)cs3)C2)OC1=O. The van der Waals surface area contributed by atoms with E-state index in [0.29, 0.717) is 6.54 Å². The van der Waals surface area contributed by atoms with E-state index in [1.54, 1.807) is 23.3 Å². The number of hydrogen-bond acceptors (Lipinski definition) is 5. The Hall–Kier alpha value is -1.92. The average Bonchev–Trinajstić information content (AvgIpc) is 3.22. The molecule has 1 amide bonds. The molecule has 2 saturated heterocycles. The summed E-state index contributed by atoms with van der Waals surface area (Å²) in [5, 5.41) is 3.22. The summed E-state index contributed by atoms with van der Waals surface area (Å²) in [7, 11) is 1.80. The van der Waals surface area contributed by atoms with Crippen molar-refractivity contribution < 1.29 is 9.53 Å². The number of likely N-dealkylation sites (tertiary alicyclic amines) is 1. The number of carbonyl (C=O) groups is 1. The van der Waals surface area contributed by atoms with Gasteiger partial charge in [0.15, 0.2) is 0 Å². The molecular formula is C17H19N3O2S. The zero-order chi connectivity index (χ0) is 15.9. The molecular weight excluding hydrogens is 310 g/mol. The molecule has 0 unspecified atom stereocenters. The molecule has 1 aromatic heterocycles. The Morgan fingerprint density at radius 3 is 2.87 bits per heavy atom. The van der Waals surface area contributed by atoms with Crippen LogP contribution in [0.1, 0.15) is 11.4 Å². The van der Waals surface area contributed by atoms with Crippen molar-refractivity contribution in [1.29, 1.82) is 0 Å². The Bertz CT molecular complexity index is 718. The highest BCUT2D eigenvalue weighted by Crippen LogP contribution is 2.33. The summed E-state index contributed by atoms with van der Waals surface area (Å²) in [4.78, 5) is 20.4. The second-order valence-corrected chi connectivity index (χ2v) is 7.30. The van der Waals surface area contributed by atoms with Crippen molar-refractivity contribution in [1.82, 2.24) is 14.8 Å². The van der Waals surface area contributed by atoms with Crippen molar-refractivity contribution in [2.24, 2.45) is 0 Å². The van der Waals surface area contributed by atoms with Crippen LogP contribution in [0, 0.1) is 0 Å². The first-order valence-corrected chi connectivity index (χ1v) is 8.68. The largest absolute Gasteiger partial charge is 0.439 e. The lowest BCUT2D eigenvalue weighted by Crippen LogP contribution is -2.37. The first-order valence-electron chi connectivity index (χ1n) is 7.80. The van der Waals surface area contributed by atoms with E-state index < -0.39 is 0 Å². The van der Waals surface area contributed by atoms with Crippen LogP contribution in [0.3, 0.4) is 0 Å². The third-order valence-electron chi connectivity index (χ3n) is 4.52. The third-order valence-corrected chi connectivity index (χ3v) is 5.35. The average molecular weight is 329 g/mol. The minimum atomic E-state index is -0.314.